The predicted molar refractivity (Wildman–Crippen MR) is 95.5 cm³/mol. The van der Waals surface area contributed by atoms with Gasteiger partial charge in [0.15, 0.2) is 0 Å². The first-order valence-electron chi connectivity index (χ1n) is 8.14. The lowest BCUT2D eigenvalue weighted by Crippen LogP contribution is -2.29. The van der Waals surface area contributed by atoms with Crippen molar-refractivity contribution in [2.24, 2.45) is 5.92 Å². The average molecular weight is 321 g/mol. The van der Waals surface area contributed by atoms with Gasteiger partial charge in [-0.1, -0.05) is 55.5 Å². The second kappa shape index (κ2) is 7.26. The van der Waals surface area contributed by atoms with Gasteiger partial charge in [0, 0.05) is 12.1 Å². The van der Waals surface area contributed by atoms with Crippen LogP contribution in [0.1, 0.15) is 22.8 Å². The van der Waals surface area contributed by atoms with E-state index >= 15 is 0 Å². The minimum absolute atomic E-state index is 0.237. The van der Waals surface area contributed by atoms with Crippen LogP contribution in [0.25, 0.3) is 10.8 Å². The molecule has 0 aliphatic heterocycles. The maximum absolute atomic E-state index is 13.2. The number of halogens is 1. The van der Waals surface area contributed by atoms with E-state index in [1.165, 1.54) is 28.5 Å². The minimum atomic E-state index is -0.397. The zero-order chi connectivity index (χ0) is 16.9. The molecule has 0 radical (unpaired) electrons. The summed E-state index contributed by atoms with van der Waals surface area (Å²) in [7, 11) is 0. The van der Waals surface area contributed by atoms with E-state index in [-0.39, 0.29) is 11.8 Å². The summed E-state index contributed by atoms with van der Waals surface area (Å²) in [6.07, 6.45) is 0.880. The van der Waals surface area contributed by atoms with Crippen molar-refractivity contribution in [1.82, 2.24) is 5.32 Å². The van der Waals surface area contributed by atoms with Crippen molar-refractivity contribution >= 4 is 16.7 Å². The number of rotatable bonds is 5. The number of nitrogens with one attached hydrogen (secondary N) is 1. The highest BCUT2D eigenvalue weighted by molar-refractivity contribution is 5.94. The molecule has 2 nitrogen and oxygen atoms in total. The molecule has 3 rings (SSSR count). The van der Waals surface area contributed by atoms with Crippen molar-refractivity contribution in [2.45, 2.75) is 13.3 Å². The lowest BCUT2D eigenvalue weighted by molar-refractivity contribution is 0.0947. The smallest absolute Gasteiger partial charge is 0.251 e. The molecule has 0 bridgehead atoms. The quantitative estimate of drug-likeness (QED) is 0.732. The first-order chi connectivity index (χ1) is 11.6. The molecule has 0 fully saturated rings. The van der Waals surface area contributed by atoms with Crippen molar-refractivity contribution in [2.75, 3.05) is 6.54 Å². The Labute approximate surface area is 141 Å². The van der Waals surface area contributed by atoms with E-state index in [4.69, 9.17) is 0 Å². The third-order valence-corrected chi connectivity index (χ3v) is 4.15. The summed E-state index contributed by atoms with van der Waals surface area (Å²) in [5.41, 5.74) is 1.63. The Bertz CT molecular complexity index is 854. The largest absolute Gasteiger partial charge is 0.352 e. The molecule has 0 aliphatic rings. The van der Waals surface area contributed by atoms with Crippen LogP contribution in [0.2, 0.25) is 0 Å². The molecule has 0 unspecified atom stereocenters. The van der Waals surface area contributed by atoms with Crippen molar-refractivity contribution in [3.8, 4) is 0 Å². The maximum Gasteiger partial charge on any atom is 0.251 e. The normalized spacial score (nSPS) is 12.1. The van der Waals surface area contributed by atoms with E-state index in [2.05, 4.69) is 42.6 Å². The summed E-state index contributed by atoms with van der Waals surface area (Å²) in [4.78, 5) is 12.1. The summed E-state index contributed by atoms with van der Waals surface area (Å²) >= 11 is 0. The van der Waals surface area contributed by atoms with Gasteiger partial charge < -0.3 is 5.32 Å². The van der Waals surface area contributed by atoms with Crippen LogP contribution in [0.4, 0.5) is 4.39 Å². The van der Waals surface area contributed by atoms with Gasteiger partial charge in [-0.25, -0.2) is 4.39 Å². The second-order valence-corrected chi connectivity index (χ2v) is 6.17. The number of fused-ring (bicyclic) bond motifs is 1. The van der Waals surface area contributed by atoms with Gasteiger partial charge in [0.25, 0.3) is 5.91 Å². The van der Waals surface area contributed by atoms with E-state index < -0.39 is 5.82 Å². The lowest BCUT2D eigenvalue weighted by atomic mass is 9.96. The van der Waals surface area contributed by atoms with Gasteiger partial charge in [-0.2, -0.15) is 0 Å². The molecule has 1 atom stereocenters. The van der Waals surface area contributed by atoms with E-state index in [9.17, 15) is 9.18 Å². The fraction of sp³-hybridized carbons (Fsp3) is 0.190. The number of amides is 1. The summed E-state index contributed by atoms with van der Waals surface area (Å²) in [6, 6.07) is 20.4. The molecule has 0 saturated carbocycles. The molecular formula is C21H20FNO. The van der Waals surface area contributed by atoms with Crippen LogP contribution in [-0.2, 0) is 6.42 Å². The van der Waals surface area contributed by atoms with Gasteiger partial charge in [-0.15, -0.1) is 0 Å². The van der Waals surface area contributed by atoms with Crippen LogP contribution in [0.5, 0.6) is 0 Å². The van der Waals surface area contributed by atoms with Crippen molar-refractivity contribution in [3.05, 3.63) is 83.7 Å². The third-order valence-electron chi connectivity index (χ3n) is 4.15. The van der Waals surface area contributed by atoms with Crippen molar-refractivity contribution in [1.29, 1.82) is 0 Å². The van der Waals surface area contributed by atoms with Crippen molar-refractivity contribution < 1.29 is 9.18 Å². The van der Waals surface area contributed by atoms with Gasteiger partial charge in [-0.05, 0) is 46.9 Å². The second-order valence-electron chi connectivity index (χ2n) is 6.17. The van der Waals surface area contributed by atoms with E-state index in [0.717, 1.165) is 6.42 Å². The Balaban J connectivity index is 1.63. The van der Waals surface area contributed by atoms with E-state index in [1.807, 2.05) is 12.1 Å². The number of carbonyl (C=O) groups is 1. The predicted octanol–water partition coefficient (Wildman–Crippen LogP) is 4.59. The van der Waals surface area contributed by atoms with Gasteiger partial charge in [-0.3, -0.25) is 4.79 Å². The van der Waals surface area contributed by atoms with Gasteiger partial charge in [0.2, 0.25) is 0 Å². The monoisotopic (exact) mass is 321 g/mol. The molecule has 0 saturated heterocycles. The molecule has 122 valence electrons. The van der Waals surface area contributed by atoms with Crippen LogP contribution in [0.3, 0.4) is 0 Å². The summed E-state index contributed by atoms with van der Waals surface area (Å²) in [5, 5.41) is 5.37. The Hall–Kier alpha value is -2.68. The van der Waals surface area contributed by atoms with Crippen LogP contribution in [0, 0.1) is 11.7 Å². The van der Waals surface area contributed by atoms with Gasteiger partial charge in [0.1, 0.15) is 5.82 Å². The first kappa shape index (κ1) is 16.2. The zero-order valence-electron chi connectivity index (χ0n) is 13.6. The topological polar surface area (TPSA) is 29.1 Å². The standard InChI is InChI=1S/C21H20FNO/c1-15(14-23-21(24)18-9-5-10-19(22)13-18)12-17-8-4-7-16-6-2-3-11-20(16)17/h2-11,13,15H,12,14H2,1H3,(H,23,24)/t15-/m0/s1. The summed E-state index contributed by atoms with van der Waals surface area (Å²) in [5.74, 6) is -0.348. The van der Waals surface area contributed by atoms with Crippen LogP contribution in [0.15, 0.2) is 66.7 Å². The molecule has 3 aromatic carbocycles. The maximum atomic E-state index is 13.2. The number of carbonyl (C=O) groups excluding carboxylic acids is 1. The molecule has 24 heavy (non-hydrogen) atoms. The molecule has 3 heteroatoms. The van der Waals surface area contributed by atoms with Gasteiger partial charge >= 0.3 is 0 Å². The first-order valence-corrected chi connectivity index (χ1v) is 8.14. The molecule has 0 heterocycles. The van der Waals surface area contributed by atoms with Crippen LogP contribution < -0.4 is 5.32 Å². The summed E-state index contributed by atoms with van der Waals surface area (Å²) in [6.45, 7) is 2.66. The molecule has 0 aromatic heterocycles. The van der Waals surface area contributed by atoms with Crippen LogP contribution in [-0.4, -0.2) is 12.5 Å². The highest BCUT2D eigenvalue weighted by atomic mass is 19.1. The molecule has 0 aliphatic carbocycles. The fourth-order valence-corrected chi connectivity index (χ4v) is 2.92. The molecular weight excluding hydrogens is 301 g/mol. The van der Waals surface area contributed by atoms with Crippen LogP contribution >= 0.6 is 0 Å². The number of benzene rings is 3. The molecule has 0 spiro atoms. The fourth-order valence-electron chi connectivity index (χ4n) is 2.92. The number of hydrogen-bond acceptors (Lipinski definition) is 1. The minimum Gasteiger partial charge on any atom is -0.352 e. The highest BCUT2D eigenvalue weighted by Crippen LogP contribution is 2.21. The Morgan fingerprint density at radius 1 is 1.04 bits per heavy atom. The van der Waals surface area contributed by atoms with E-state index in [0.29, 0.717) is 12.1 Å². The Morgan fingerprint density at radius 2 is 1.79 bits per heavy atom. The summed E-state index contributed by atoms with van der Waals surface area (Å²) < 4.78 is 13.2. The third kappa shape index (κ3) is 3.80. The molecule has 1 N–H and O–H groups in total. The van der Waals surface area contributed by atoms with Crippen molar-refractivity contribution in [3.63, 3.8) is 0 Å². The van der Waals surface area contributed by atoms with E-state index in [1.54, 1.807) is 12.1 Å². The lowest BCUT2D eigenvalue weighted by Gasteiger charge is -2.14. The molecule has 1 amide bonds. The molecule has 3 aromatic rings. The average Bonchev–Trinajstić information content (AvgIpc) is 2.60. The zero-order valence-corrected chi connectivity index (χ0v) is 13.6. The highest BCUT2D eigenvalue weighted by Gasteiger charge is 2.10. The Kier molecular flexibility index (Phi) is 4.90. The Morgan fingerprint density at radius 3 is 2.62 bits per heavy atom. The van der Waals surface area contributed by atoms with Gasteiger partial charge in [0.05, 0.1) is 0 Å². The number of hydrogen-bond donors (Lipinski definition) is 1. The SMILES string of the molecule is C[C@H](CNC(=O)c1cccc(F)c1)Cc1cccc2ccccc12.